The van der Waals surface area contributed by atoms with E-state index in [1.54, 1.807) is 51.0 Å². The molecule has 0 radical (unpaired) electrons. The number of carbonyl (C=O) groups is 3. The second-order valence-corrected chi connectivity index (χ2v) is 12.8. The van der Waals surface area contributed by atoms with E-state index in [4.69, 9.17) is 11.5 Å². The maximum atomic E-state index is 14.0. The van der Waals surface area contributed by atoms with E-state index < -0.39 is 41.0 Å². The number of likely N-dealkylation sites (N-methyl/N-ethyl adjacent to an activating group) is 1. The molecule has 0 aromatic heterocycles. The fraction of sp³-hybridized carbons (Fsp3) is 0.364. The molecule has 232 valence electrons. The van der Waals surface area contributed by atoms with Gasteiger partial charge in [-0.2, -0.15) is 0 Å². The van der Waals surface area contributed by atoms with Crippen LogP contribution in [-0.2, 0) is 16.0 Å². The lowest BCUT2D eigenvalue weighted by Crippen LogP contribution is -2.50. The lowest BCUT2D eigenvalue weighted by Gasteiger charge is -2.47. The van der Waals surface area contributed by atoms with E-state index in [0.29, 0.717) is 30.4 Å². The summed E-state index contributed by atoms with van der Waals surface area (Å²) in [6.07, 6.45) is 1.44. The number of ketones is 1. The van der Waals surface area contributed by atoms with E-state index in [9.17, 15) is 34.8 Å². The normalized spacial score (nSPS) is 24.2. The van der Waals surface area contributed by atoms with Crippen molar-refractivity contribution in [2.24, 2.45) is 29.2 Å². The molecule has 2 amide bonds. The molecule has 0 spiro atoms. The number of carbonyl (C=O) groups excluding carboxylic acids is 3. The Kier molecular flexibility index (Phi) is 7.81. The summed E-state index contributed by atoms with van der Waals surface area (Å²) in [5.41, 5.74) is 13.4. The molecule has 0 aliphatic heterocycles. The summed E-state index contributed by atoms with van der Waals surface area (Å²) in [7, 11) is 3.45. The lowest BCUT2D eigenvalue weighted by molar-refractivity contribution is -0.117. The predicted molar refractivity (Wildman–Crippen MR) is 165 cm³/mol. The number of nitrogens with one attached hydrogen (secondary N) is 1. The molecule has 0 heterocycles. The van der Waals surface area contributed by atoms with E-state index in [1.807, 2.05) is 12.1 Å². The van der Waals surface area contributed by atoms with E-state index >= 15 is 0 Å². The highest BCUT2D eigenvalue weighted by molar-refractivity contribution is 6.14. The minimum Gasteiger partial charge on any atom is -0.515 e. The van der Waals surface area contributed by atoms with Gasteiger partial charge in [0.2, 0.25) is 5.91 Å². The van der Waals surface area contributed by atoms with Gasteiger partial charge in [0.1, 0.15) is 17.3 Å². The van der Waals surface area contributed by atoms with Gasteiger partial charge in [-0.25, -0.2) is 0 Å². The number of rotatable bonds is 6. The number of phenolic OH excluding ortho intramolecular Hbond substituents is 1. The first kappa shape index (κ1) is 30.8. The van der Waals surface area contributed by atoms with E-state index in [0.717, 1.165) is 11.1 Å². The first-order valence-electron chi connectivity index (χ1n) is 14.4. The molecule has 2 aromatic carbocycles. The van der Waals surface area contributed by atoms with Crippen LogP contribution in [0.25, 0.3) is 11.1 Å². The van der Waals surface area contributed by atoms with Gasteiger partial charge in [0.25, 0.3) is 5.91 Å². The largest absolute Gasteiger partial charge is 0.515 e. The fourth-order valence-corrected chi connectivity index (χ4v) is 7.14. The summed E-state index contributed by atoms with van der Waals surface area (Å²) in [5, 5.41) is 46.6. The standard InChI is InChI=1S/C33H38N4O7/c1-33(2,35)13-23(40)36-17-7-5-15(6-8-17)18-9-10-22(39)26-19(18)11-16-12-20-25(29(41)24(16)30(26)42)21(14-38)27(32(34)44)31(43)28(20)37(3)4/h5-10,14,16,20,25,28,38-39,41,43H,11-13,35H2,1-4H3,(H2,34,44)(H,36,40)/b21-14+/t16?,20?,25?,28-/m0/s1. The number of primary amides is 1. The molecular formula is C33H38N4O7. The maximum Gasteiger partial charge on any atom is 0.252 e. The van der Waals surface area contributed by atoms with Crippen LogP contribution >= 0.6 is 0 Å². The van der Waals surface area contributed by atoms with Crippen LogP contribution in [0.3, 0.4) is 0 Å². The van der Waals surface area contributed by atoms with Gasteiger partial charge in [-0.1, -0.05) is 18.2 Å². The number of phenols is 1. The second kappa shape index (κ2) is 11.1. The Morgan fingerprint density at radius 3 is 2.30 bits per heavy atom. The molecule has 3 aliphatic carbocycles. The molecule has 0 saturated carbocycles. The van der Waals surface area contributed by atoms with Gasteiger partial charge in [-0.3, -0.25) is 19.3 Å². The summed E-state index contributed by atoms with van der Waals surface area (Å²) in [5.74, 6) is -4.52. The van der Waals surface area contributed by atoms with Crippen molar-refractivity contribution in [1.29, 1.82) is 0 Å². The fourth-order valence-electron chi connectivity index (χ4n) is 7.14. The van der Waals surface area contributed by atoms with Crippen LogP contribution in [0.15, 0.2) is 70.9 Å². The predicted octanol–water partition coefficient (Wildman–Crippen LogP) is 3.61. The Balaban J connectivity index is 1.56. The molecular weight excluding hydrogens is 564 g/mol. The monoisotopic (exact) mass is 602 g/mol. The first-order valence-corrected chi connectivity index (χ1v) is 14.4. The molecule has 3 unspecified atom stereocenters. The minimum atomic E-state index is -0.972. The van der Waals surface area contributed by atoms with Crippen molar-refractivity contribution in [2.75, 3.05) is 19.4 Å². The maximum absolute atomic E-state index is 14.0. The minimum absolute atomic E-state index is 0.0553. The average Bonchev–Trinajstić information content (AvgIpc) is 2.91. The Bertz CT molecular complexity index is 1650. The van der Waals surface area contributed by atoms with Crippen LogP contribution in [0.5, 0.6) is 5.75 Å². The van der Waals surface area contributed by atoms with Gasteiger partial charge < -0.3 is 37.2 Å². The van der Waals surface area contributed by atoms with Gasteiger partial charge in [0, 0.05) is 28.8 Å². The molecule has 3 aliphatic rings. The molecule has 2 aromatic rings. The van der Waals surface area contributed by atoms with Crippen LogP contribution in [-0.4, -0.2) is 68.6 Å². The van der Waals surface area contributed by atoms with E-state index in [-0.39, 0.29) is 51.9 Å². The van der Waals surface area contributed by atoms with Crippen molar-refractivity contribution < 1.29 is 34.8 Å². The third kappa shape index (κ3) is 5.22. The molecule has 5 rings (SSSR count). The Morgan fingerprint density at radius 1 is 1.07 bits per heavy atom. The van der Waals surface area contributed by atoms with Gasteiger partial charge >= 0.3 is 0 Å². The topological polar surface area (TPSA) is 199 Å². The van der Waals surface area contributed by atoms with Crippen molar-refractivity contribution in [1.82, 2.24) is 4.90 Å². The summed E-state index contributed by atoms with van der Waals surface area (Å²) < 4.78 is 0. The quantitative estimate of drug-likeness (QED) is 0.241. The number of hydrogen-bond donors (Lipinski definition) is 7. The summed E-state index contributed by atoms with van der Waals surface area (Å²) in [6, 6.07) is 9.58. The van der Waals surface area contributed by atoms with Crippen LogP contribution in [0.4, 0.5) is 5.69 Å². The number of nitrogens with zero attached hydrogens (tertiary/aromatic N) is 1. The van der Waals surface area contributed by atoms with Crippen molar-refractivity contribution in [2.45, 2.75) is 44.7 Å². The molecule has 9 N–H and O–H groups in total. The van der Waals surface area contributed by atoms with Crippen LogP contribution < -0.4 is 16.8 Å². The number of amides is 2. The zero-order chi connectivity index (χ0) is 32.2. The molecule has 44 heavy (non-hydrogen) atoms. The second-order valence-electron chi connectivity index (χ2n) is 12.8. The Morgan fingerprint density at radius 2 is 1.73 bits per heavy atom. The number of aliphatic hydroxyl groups excluding tert-OH is 3. The van der Waals surface area contributed by atoms with E-state index in [2.05, 4.69) is 5.32 Å². The van der Waals surface area contributed by atoms with Crippen molar-refractivity contribution in [3.63, 3.8) is 0 Å². The van der Waals surface area contributed by atoms with Crippen LogP contribution in [0.2, 0.25) is 0 Å². The number of fused-ring (bicyclic) bond motifs is 3. The highest BCUT2D eigenvalue weighted by Gasteiger charge is 2.53. The van der Waals surface area contributed by atoms with Gasteiger partial charge in [-0.15, -0.1) is 0 Å². The number of anilines is 1. The van der Waals surface area contributed by atoms with Crippen molar-refractivity contribution in [3.05, 3.63) is 82.0 Å². The van der Waals surface area contributed by atoms with Gasteiger partial charge in [0.15, 0.2) is 5.78 Å². The highest BCUT2D eigenvalue weighted by Crippen LogP contribution is 2.53. The molecule has 4 atom stereocenters. The van der Waals surface area contributed by atoms with Crippen LogP contribution in [0.1, 0.15) is 42.6 Å². The number of allylic oxidation sites excluding steroid dienone is 2. The van der Waals surface area contributed by atoms with Crippen LogP contribution in [0, 0.1) is 17.8 Å². The van der Waals surface area contributed by atoms with E-state index in [1.165, 1.54) is 6.07 Å². The third-order valence-corrected chi connectivity index (χ3v) is 8.78. The third-order valence-electron chi connectivity index (χ3n) is 8.78. The number of aliphatic hydroxyl groups is 3. The zero-order valence-corrected chi connectivity index (χ0v) is 25.1. The average molecular weight is 603 g/mol. The van der Waals surface area contributed by atoms with Crippen molar-refractivity contribution >= 4 is 23.3 Å². The molecule has 0 fully saturated rings. The lowest BCUT2D eigenvalue weighted by atomic mass is 9.59. The molecule has 11 heteroatoms. The molecule has 0 saturated heterocycles. The Labute approximate surface area is 255 Å². The van der Waals surface area contributed by atoms with Gasteiger partial charge in [-0.05, 0) is 87.5 Å². The first-order chi connectivity index (χ1) is 20.6. The number of hydrogen-bond acceptors (Lipinski definition) is 9. The summed E-state index contributed by atoms with van der Waals surface area (Å²) >= 11 is 0. The smallest absolute Gasteiger partial charge is 0.252 e. The summed E-state index contributed by atoms with van der Waals surface area (Å²) in [6.45, 7) is 3.54. The number of benzene rings is 2. The SMILES string of the molecule is CN(C)[C@@H]1C(O)=C(C(N)=O)/C(=C/O)C2C(O)=C3C(=O)c4c(O)ccc(-c5ccc(NC(=O)CC(C)(C)N)cc5)c4CC3CC21. The van der Waals surface area contributed by atoms with Gasteiger partial charge in [0.05, 0.1) is 29.4 Å². The van der Waals surface area contributed by atoms with Crippen molar-refractivity contribution in [3.8, 4) is 16.9 Å². The number of aromatic hydroxyl groups is 1. The summed E-state index contributed by atoms with van der Waals surface area (Å²) in [4.78, 5) is 40.4. The molecule has 11 nitrogen and oxygen atoms in total. The number of nitrogens with two attached hydrogens (primary N) is 2. The molecule has 0 bridgehead atoms. The number of Topliss-reactive ketones (excluding diaryl/α,β-unsaturated/α-hetero) is 1. The highest BCUT2D eigenvalue weighted by atomic mass is 16.3. The Hall–Kier alpha value is -4.61. The zero-order valence-electron chi connectivity index (χ0n) is 25.1.